The predicted octanol–water partition coefficient (Wildman–Crippen LogP) is 20.6. The second-order valence-electron chi connectivity index (χ2n) is 24.9. The van der Waals surface area contributed by atoms with Crippen molar-refractivity contribution in [3.8, 4) is 5.75 Å². The summed E-state index contributed by atoms with van der Waals surface area (Å²) in [5.41, 5.74) is 0. The molecule has 502 valence electrons. The number of benzene rings is 1. The van der Waals surface area contributed by atoms with Crippen molar-refractivity contribution in [2.75, 3.05) is 53.0 Å². The van der Waals surface area contributed by atoms with Crippen molar-refractivity contribution < 1.29 is 47.7 Å². The van der Waals surface area contributed by atoms with Crippen LogP contribution in [-0.2, 0) is 38.1 Å². The lowest BCUT2D eigenvalue weighted by atomic mass is 10.1. The topological polar surface area (TPSA) is 138 Å². The smallest absolute Gasteiger partial charge is 0.306 e. The second-order valence-corrected chi connectivity index (χ2v) is 26.8. The van der Waals surface area contributed by atoms with Gasteiger partial charge in [-0.15, -0.1) is 11.3 Å². The van der Waals surface area contributed by atoms with Gasteiger partial charge in [-0.1, -0.05) is 170 Å². The fraction of sp³-hybridized carbons (Fsp3) is 0.822. The number of methoxy groups -OCH3 is 1. The Bertz CT molecular complexity index is 2000. The fourth-order valence-corrected chi connectivity index (χ4v) is 13.2. The Kier molecular flexibility index (Phi) is 50.3. The van der Waals surface area contributed by atoms with Crippen LogP contribution in [0.5, 0.6) is 5.75 Å². The maximum atomic E-state index is 13.0. The largest absolute Gasteiger partial charge is 0.496 e. The van der Waals surface area contributed by atoms with Gasteiger partial charge in [-0.05, 0) is 194 Å². The third kappa shape index (κ3) is 41.8. The minimum atomic E-state index is -0.317. The molecule has 3 atom stereocenters. The van der Waals surface area contributed by atoms with Crippen molar-refractivity contribution in [2.24, 2.45) is 0 Å². The van der Waals surface area contributed by atoms with E-state index in [9.17, 15) is 24.0 Å². The number of unbranched alkanes of at least 4 members (excludes halogenated alkanes) is 24. The van der Waals surface area contributed by atoms with Crippen molar-refractivity contribution in [1.82, 2.24) is 9.80 Å². The van der Waals surface area contributed by atoms with E-state index in [1.165, 1.54) is 108 Å². The molecule has 0 bridgehead atoms. The first-order valence-electron chi connectivity index (χ1n) is 35.9. The molecule has 12 nitrogen and oxygen atoms in total. The number of carbonyl (C=O) groups excluding carboxylic acids is 5. The molecule has 0 radical (unpaired) electrons. The molecular weight excluding hydrogens is 1180 g/mol. The van der Waals surface area contributed by atoms with Crippen LogP contribution in [0.2, 0.25) is 0 Å². The summed E-state index contributed by atoms with van der Waals surface area (Å²) in [5.74, 6) is 0.279. The number of halogens is 1. The van der Waals surface area contributed by atoms with E-state index in [0.717, 1.165) is 207 Å². The summed E-state index contributed by atoms with van der Waals surface area (Å²) in [4.78, 5) is 69.4. The summed E-state index contributed by atoms with van der Waals surface area (Å²) in [7, 11) is 1.62. The lowest BCUT2D eigenvalue weighted by molar-refractivity contribution is -0.150. The fourth-order valence-electron chi connectivity index (χ4n) is 11.5. The average Bonchev–Trinajstić information content (AvgIpc) is 2.56. The molecule has 2 rings (SSSR count). The molecule has 0 saturated heterocycles. The quantitative estimate of drug-likeness (QED) is 0.0270. The molecule has 1 aromatic carbocycles. The van der Waals surface area contributed by atoms with Crippen LogP contribution >= 0.6 is 27.3 Å². The van der Waals surface area contributed by atoms with Gasteiger partial charge in [0.15, 0.2) is 5.78 Å². The van der Waals surface area contributed by atoms with Crippen molar-refractivity contribution >= 4 is 67.0 Å². The number of nitrogens with zero attached hydrogens (tertiary/aromatic N) is 2. The van der Waals surface area contributed by atoms with Gasteiger partial charge in [-0.25, -0.2) is 0 Å². The van der Waals surface area contributed by atoms with E-state index < -0.39 is 0 Å². The van der Waals surface area contributed by atoms with Crippen molar-refractivity contribution in [3.05, 3.63) is 27.5 Å². The summed E-state index contributed by atoms with van der Waals surface area (Å²) < 4.78 is 30.3. The van der Waals surface area contributed by atoms with Crippen LogP contribution in [-0.4, -0.2) is 111 Å². The van der Waals surface area contributed by atoms with E-state index >= 15 is 0 Å². The summed E-state index contributed by atoms with van der Waals surface area (Å²) in [6, 6.07) is 5.76. The highest BCUT2D eigenvalue weighted by molar-refractivity contribution is 9.10. The molecule has 1 aromatic heterocycles. The molecule has 0 aliphatic heterocycles. The van der Waals surface area contributed by atoms with E-state index in [1.807, 2.05) is 18.2 Å². The molecule has 0 spiro atoms. The number of hydrogen-bond acceptors (Lipinski definition) is 13. The third-order valence-corrected chi connectivity index (χ3v) is 18.9. The molecule has 0 saturated carbocycles. The Morgan fingerprint density at radius 2 is 0.782 bits per heavy atom. The number of rotatable bonds is 61. The number of thiophene rings is 1. The van der Waals surface area contributed by atoms with Crippen LogP contribution in [0.25, 0.3) is 10.1 Å². The van der Waals surface area contributed by atoms with E-state index in [1.54, 1.807) is 7.11 Å². The molecule has 0 aliphatic carbocycles. The minimum absolute atomic E-state index is 0.0229. The van der Waals surface area contributed by atoms with Gasteiger partial charge in [-0.2, -0.15) is 0 Å². The molecule has 1 heterocycles. The van der Waals surface area contributed by atoms with Crippen LogP contribution in [0.3, 0.4) is 0 Å². The lowest BCUT2D eigenvalue weighted by Gasteiger charge is -2.26. The number of ketones is 1. The monoisotopic (exact) mass is 1300 g/mol. The molecule has 0 aliphatic rings. The Labute approximate surface area is 543 Å². The SMILES string of the molecule is CCCCCC(CC)OC(=O)CCCCCCCCN(CCCCCCCCC(=O)OC(CC)CCCCC)CCCN(CCCCCCCCC(=O)OC(CC)CCCCC)CCCCCCOC(=O)CCC(=O)c1cc2cc(OC)c(Br)cc2s1. The van der Waals surface area contributed by atoms with Gasteiger partial charge in [0.1, 0.15) is 24.1 Å². The first-order chi connectivity index (χ1) is 42.4. The van der Waals surface area contributed by atoms with E-state index in [0.29, 0.717) is 30.7 Å². The standard InChI is InChI=1S/C73H127BrN2O10S/c1-8-14-31-43-62(11-4)84-71(79)46-34-23-17-20-26-37-51-75(52-38-27-21-18-24-35-47-72(80)85-63(12-5)44-32-15-9-2)55-42-56-76(53-39-28-22-19-25-36-48-73(81)86-64(13-6)45-33-16-10-3)54-40-29-30-41-57-83-70(78)50-49-66(77)69-59-61-58-67(82-7)65(74)60-68(61)87-69/h58-60,62-64H,8-57H2,1-7H3. The van der Waals surface area contributed by atoms with E-state index in [2.05, 4.69) is 67.3 Å². The Morgan fingerprint density at radius 3 is 1.16 bits per heavy atom. The van der Waals surface area contributed by atoms with Gasteiger partial charge in [0.25, 0.3) is 0 Å². The summed E-state index contributed by atoms with van der Waals surface area (Å²) >= 11 is 4.96. The van der Waals surface area contributed by atoms with Gasteiger partial charge in [0.2, 0.25) is 0 Å². The zero-order valence-electron chi connectivity index (χ0n) is 56.6. The minimum Gasteiger partial charge on any atom is -0.496 e. The van der Waals surface area contributed by atoms with Gasteiger partial charge in [-0.3, -0.25) is 24.0 Å². The van der Waals surface area contributed by atoms with Gasteiger partial charge < -0.3 is 33.5 Å². The highest BCUT2D eigenvalue weighted by Crippen LogP contribution is 2.35. The van der Waals surface area contributed by atoms with Gasteiger partial charge in [0, 0.05) is 30.4 Å². The molecule has 0 fully saturated rings. The summed E-state index contributed by atoms with van der Waals surface area (Å²) in [5, 5.41) is 0.949. The molecule has 3 unspecified atom stereocenters. The third-order valence-electron chi connectivity index (χ3n) is 17.2. The van der Waals surface area contributed by atoms with E-state index in [4.69, 9.17) is 23.7 Å². The van der Waals surface area contributed by atoms with Gasteiger partial charge >= 0.3 is 23.9 Å². The normalized spacial score (nSPS) is 12.7. The average molecular weight is 1300 g/mol. The molecule has 0 N–H and O–H groups in total. The number of Topliss-reactive ketones (excluding diaryl/α,β-unsaturated/α-hetero) is 1. The maximum Gasteiger partial charge on any atom is 0.306 e. The Morgan fingerprint density at radius 1 is 0.414 bits per heavy atom. The van der Waals surface area contributed by atoms with Crippen LogP contribution in [0.4, 0.5) is 0 Å². The maximum absolute atomic E-state index is 13.0. The zero-order chi connectivity index (χ0) is 63.4. The van der Waals surface area contributed by atoms with Crippen molar-refractivity contribution in [2.45, 2.75) is 336 Å². The van der Waals surface area contributed by atoms with E-state index in [-0.39, 0.29) is 60.8 Å². The second kappa shape index (κ2) is 54.6. The number of hydrogen-bond donors (Lipinski definition) is 0. The van der Waals surface area contributed by atoms with Crippen LogP contribution in [0.15, 0.2) is 22.7 Å². The number of fused-ring (bicyclic) bond motifs is 1. The van der Waals surface area contributed by atoms with Crippen LogP contribution in [0, 0.1) is 0 Å². The first kappa shape index (κ1) is 80.0. The highest BCUT2D eigenvalue weighted by Gasteiger charge is 2.18. The molecule has 2 aromatic rings. The highest BCUT2D eigenvalue weighted by atomic mass is 79.9. The number of carbonyl (C=O) groups is 5. The van der Waals surface area contributed by atoms with Crippen LogP contribution in [0.1, 0.15) is 327 Å². The number of esters is 4. The van der Waals surface area contributed by atoms with Crippen LogP contribution < -0.4 is 4.74 Å². The molecule has 0 amide bonds. The molecular formula is C73H127BrN2O10S. The van der Waals surface area contributed by atoms with Gasteiger partial charge in [0.05, 0.1) is 29.5 Å². The summed E-state index contributed by atoms with van der Waals surface area (Å²) in [6.07, 6.45) is 43.5. The molecule has 14 heteroatoms. The van der Waals surface area contributed by atoms with Crippen molar-refractivity contribution in [1.29, 1.82) is 0 Å². The Balaban J connectivity index is 1.90. The Hall–Kier alpha value is -3.07. The predicted molar refractivity (Wildman–Crippen MR) is 366 cm³/mol. The molecule has 87 heavy (non-hydrogen) atoms. The number of ether oxygens (including phenoxy) is 5. The van der Waals surface area contributed by atoms with Crippen molar-refractivity contribution in [3.63, 3.8) is 0 Å². The first-order valence-corrected chi connectivity index (χ1v) is 37.5. The lowest BCUT2D eigenvalue weighted by Crippen LogP contribution is -2.32. The zero-order valence-corrected chi connectivity index (χ0v) is 59.0. The summed E-state index contributed by atoms with van der Waals surface area (Å²) in [6.45, 7) is 19.9.